The molecule has 0 fully saturated rings. The minimum absolute atomic E-state index is 0.136. The van der Waals surface area contributed by atoms with Crippen molar-refractivity contribution in [2.75, 3.05) is 19.7 Å². The van der Waals surface area contributed by atoms with Crippen LogP contribution in [-0.2, 0) is 45.9 Å². The fraction of sp³-hybridized carbons (Fsp3) is 0.390. The van der Waals surface area contributed by atoms with Gasteiger partial charge in [-0.3, -0.25) is 19.2 Å². The van der Waals surface area contributed by atoms with Gasteiger partial charge in [0, 0.05) is 47.5 Å². The molecule has 2 aliphatic rings. The van der Waals surface area contributed by atoms with Gasteiger partial charge in [0.1, 0.15) is 18.0 Å². The lowest BCUT2D eigenvalue weighted by Crippen LogP contribution is -2.43. The van der Waals surface area contributed by atoms with E-state index >= 15 is 0 Å². The maximum absolute atomic E-state index is 13.8. The Morgan fingerprint density at radius 2 is 1.85 bits per heavy atom. The van der Waals surface area contributed by atoms with E-state index < -0.39 is 12.2 Å². The van der Waals surface area contributed by atoms with Gasteiger partial charge in [0.15, 0.2) is 11.6 Å². The molecule has 52 heavy (non-hydrogen) atoms. The van der Waals surface area contributed by atoms with E-state index in [0.29, 0.717) is 79.2 Å². The van der Waals surface area contributed by atoms with Gasteiger partial charge >= 0.3 is 5.97 Å². The number of aliphatic hydroxyl groups is 2. The number of hydrogen-bond donors (Lipinski definition) is 4. The predicted octanol–water partition coefficient (Wildman–Crippen LogP) is 4.13. The first-order chi connectivity index (χ1) is 25.0. The van der Waals surface area contributed by atoms with Crippen molar-refractivity contribution in [2.45, 2.75) is 84.0 Å². The van der Waals surface area contributed by atoms with Gasteiger partial charge in [0.2, 0.25) is 0 Å². The van der Waals surface area contributed by atoms with Crippen LogP contribution in [0.1, 0.15) is 79.8 Å². The van der Waals surface area contributed by atoms with Crippen molar-refractivity contribution in [1.82, 2.24) is 20.2 Å². The molecule has 11 nitrogen and oxygen atoms in total. The highest BCUT2D eigenvalue weighted by Gasteiger charge is 2.43. The predicted molar refractivity (Wildman–Crippen MR) is 199 cm³/mol. The van der Waals surface area contributed by atoms with Crippen molar-refractivity contribution < 1.29 is 29.3 Å². The number of ether oxygens (including phenoxy) is 1. The molecule has 4 aromatic rings. The van der Waals surface area contributed by atoms with Gasteiger partial charge in [-0.1, -0.05) is 51.1 Å². The minimum atomic E-state index is -1.68. The summed E-state index contributed by atoms with van der Waals surface area (Å²) in [7, 11) is 0. The molecular formula is C41H46N4O7. The third kappa shape index (κ3) is 7.68. The van der Waals surface area contributed by atoms with Crippen molar-refractivity contribution in [3.05, 3.63) is 98.3 Å². The SMILES string of the molecule is CC[C@@]1(O)C(=O)CCc2c1cc1n(c2=O)Cc2c-1nc1ccc(OC(=O)CCCNCc3ccc(/C=C/C(=O)CO)cc3)cc1c2CCNC(C)C. The highest BCUT2D eigenvalue weighted by Crippen LogP contribution is 2.41. The maximum Gasteiger partial charge on any atom is 0.311 e. The first-order valence-electron chi connectivity index (χ1n) is 18.1. The zero-order valence-electron chi connectivity index (χ0n) is 30.0. The number of carbonyl (C=O) groups excluding carboxylic acids is 3. The largest absolute Gasteiger partial charge is 0.427 e. The number of ketones is 2. The quantitative estimate of drug-likeness (QED) is 0.0540. The normalized spacial score (nSPS) is 16.4. The van der Waals surface area contributed by atoms with Crippen molar-refractivity contribution in [3.8, 4) is 17.1 Å². The number of nitrogens with one attached hydrogen (secondary N) is 2. The van der Waals surface area contributed by atoms with Crippen LogP contribution in [-0.4, -0.2) is 63.0 Å². The molecule has 1 aliphatic heterocycles. The number of benzene rings is 2. The van der Waals surface area contributed by atoms with Gasteiger partial charge < -0.3 is 30.2 Å². The van der Waals surface area contributed by atoms with Gasteiger partial charge in [-0.2, -0.15) is 0 Å². The Kier molecular flexibility index (Phi) is 11.3. The van der Waals surface area contributed by atoms with Gasteiger partial charge in [-0.25, -0.2) is 4.98 Å². The van der Waals surface area contributed by atoms with E-state index in [-0.39, 0.29) is 48.4 Å². The molecule has 0 amide bonds. The topological polar surface area (TPSA) is 160 Å². The average Bonchev–Trinajstić information content (AvgIpc) is 3.51. The number of fused-ring (bicyclic) bond motifs is 5. The number of pyridine rings is 2. The lowest BCUT2D eigenvalue weighted by molar-refractivity contribution is -0.140. The molecule has 4 N–H and O–H groups in total. The summed E-state index contributed by atoms with van der Waals surface area (Å²) in [6, 6.07) is 15.2. The first-order valence-corrected chi connectivity index (χ1v) is 18.1. The number of aromatic nitrogens is 2. The van der Waals surface area contributed by atoms with Crippen LogP contribution in [0.5, 0.6) is 5.75 Å². The molecule has 2 aromatic heterocycles. The Morgan fingerprint density at radius 3 is 2.58 bits per heavy atom. The lowest BCUT2D eigenvalue weighted by atomic mass is 9.77. The van der Waals surface area contributed by atoms with E-state index in [0.717, 1.165) is 27.6 Å². The van der Waals surface area contributed by atoms with Gasteiger partial charge in [-0.15, -0.1) is 0 Å². The van der Waals surface area contributed by atoms with Crippen molar-refractivity contribution in [3.63, 3.8) is 0 Å². The summed E-state index contributed by atoms with van der Waals surface area (Å²) in [5, 5.41) is 27.9. The molecule has 0 spiro atoms. The summed E-state index contributed by atoms with van der Waals surface area (Å²) in [4.78, 5) is 55.8. The number of rotatable bonds is 15. The standard InChI is InChI=1S/C41H46N4O7/c1-4-41(51)34-21-36-39-33(23-45(36)40(50)31(34)14-16-37(41)48)30(17-19-43-25(2)3)32-20-29(13-15-35(32)44-39)52-38(49)6-5-18-42-22-27-9-7-26(8-10-27)11-12-28(47)24-46/h7-13,15,20-21,25,42-43,46,51H,4-6,14,16-19,22-24H2,1-3H3/b12-11+/t41-/m0/s1. The summed E-state index contributed by atoms with van der Waals surface area (Å²) < 4.78 is 7.50. The first kappa shape index (κ1) is 37.0. The number of carbonyl (C=O) groups is 3. The summed E-state index contributed by atoms with van der Waals surface area (Å²) >= 11 is 0. The molecular weight excluding hydrogens is 660 g/mol. The second kappa shape index (κ2) is 15.8. The molecule has 3 heterocycles. The van der Waals surface area contributed by atoms with Crippen molar-refractivity contribution in [1.29, 1.82) is 0 Å². The number of Topliss-reactive ketones (excluding diaryl/α,β-unsaturated/α-hetero) is 1. The summed E-state index contributed by atoms with van der Waals surface area (Å²) in [5.41, 5.74) is 4.85. The van der Waals surface area contributed by atoms with Gasteiger partial charge in [0.25, 0.3) is 5.56 Å². The zero-order chi connectivity index (χ0) is 37.0. The third-order valence-corrected chi connectivity index (χ3v) is 9.98. The average molecular weight is 707 g/mol. The molecule has 0 bridgehead atoms. The number of hydrogen-bond acceptors (Lipinski definition) is 10. The van der Waals surface area contributed by atoms with Crippen LogP contribution in [0, 0.1) is 0 Å². The molecule has 6 rings (SSSR count). The third-order valence-electron chi connectivity index (χ3n) is 9.98. The zero-order valence-corrected chi connectivity index (χ0v) is 30.0. The molecule has 272 valence electrons. The number of aliphatic hydroxyl groups excluding tert-OH is 1. The highest BCUT2D eigenvalue weighted by molar-refractivity contribution is 5.94. The fourth-order valence-electron chi connectivity index (χ4n) is 7.12. The number of nitrogens with zero attached hydrogens (tertiary/aromatic N) is 2. The Bertz CT molecular complexity index is 2100. The highest BCUT2D eigenvalue weighted by atomic mass is 16.5. The van der Waals surface area contributed by atoms with Crippen molar-refractivity contribution in [2.24, 2.45) is 0 Å². The second-order valence-corrected chi connectivity index (χ2v) is 13.9. The van der Waals surface area contributed by atoms with Crippen molar-refractivity contribution >= 4 is 34.5 Å². The van der Waals surface area contributed by atoms with Crippen LogP contribution in [0.2, 0.25) is 0 Å². The minimum Gasteiger partial charge on any atom is -0.427 e. The van der Waals surface area contributed by atoms with Crippen LogP contribution < -0.4 is 20.9 Å². The van der Waals surface area contributed by atoms with Crippen LogP contribution in [0.3, 0.4) is 0 Å². The summed E-state index contributed by atoms with van der Waals surface area (Å²) in [6.45, 7) is 7.69. The Labute approximate surface area is 302 Å². The molecule has 0 saturated carbocycles. The van der Waals surface area contributed by atoms with Gasteiger partial charge in [-0.05, 0) is 85.8 Å². The molecule has 1 atom stereocenters. The van der Waals surface area contributed by atoms with Crippen LogP contribution in [0.15, 0.2) is 59.4 Å². The summed E-state index contributed by atoms with van der Waals surface area (Å²) in [6.07, 6.45) is 5.13. The number of esters is 1. The van der Waals surface area contributed by atoms with Crippen LogP contribution >= 0.6 is 0 Å². The fourth-order valence-corrected chi connectivity index (χ4v) is 7.12. The van der Waals surface area contributed by atoms with E-state index in [4.69, 9.17) is 14.8 Å². The Balaban J connectivity index is 1.16. The molecule has 0 radical (unpaired) electrons. The molecule has 0 saturated heterocycles. The van der Waals surface area contributed by atoms with E-state index in [9.17, 15) is 24.3 Å². The summed E-state index contributed by atoms with van der Waals surface area (Å²) in [5.74, 6) is -0.521. The second-order valence-electron chi connectivity index (χ2n) is 13.9. The van der Waals surface area contributed by atoms with E-state index in [2.05, 4.69) is 24.5 Å². The van der Waals surface area contributed by atoms with Crippen LogP contribution in [0.4, 0.5) is 0 Å². The van der Waals surface area contributed by atoms with Gasteiger partial charge in [0.05, 0.1) is 23.4 Å². The lowest BCUT2D eigenvalue weighted by Gasteiger charge is -2.32. The molecule has 2 aromatic carbocycles. The Hall–Kier alpha value is -4.81. The molecule has 11 heteroatoms. The maximum atomic E-state index is 13.8. The smallest absolute Gasteiger partial charge is 0.311 e. The van der Waals surface area contributed by atoms with E-state index in [1.165, 1.54) is 6.08 Å². The molecule has 1 aliphatic carbocycles. The van der Waals surface area contributed by atoms with E-state index in [1.807, 2.05) is 36.4 Å². The monoisotopic (exact) mass is 706 g/mol. The van der Waals surface area contributed by atoms with E-state index in [1.54, 1.807) is 29.7 Å². The molecule has 0 unspecified atom stereocenters. The Morgan fingerprint density at radius 1 is 1.06 bits per heavy atom. The van der Waals surface area contributed by atoms with Crippen LogP contribution in [0.25, 0.3) is 28.4 Å².